The molecule has 2 aromatic heterocycles. The molecular weight excluding hydrogens is 280 g/mol. The zero-order valence-corrected chi connectivity index (χ0v) is 12.5. The Hall–Kier alpha value is -2.44. The van der Waals surface area contributed by atoms with Gasteiger partial charge in [0, 0.05) is 51.2 Å². The molecule has 0 spiro atoms. The maximum Gasteiger partial charge on any atom is 0.225 e. The molecule has 1 amide bonds. The number of H-pyrrole nitrogens is 1. The molecule has 0 aromatic carbocycles. The molecule has 1 N–H and O–H groups in total. The van der Waals surface area contributed by atoms with Crippen molar-refractivity contribution in [2.75, 3.05) is 31.1 Å². The monoisotopic (exact) mass is 300 g/mol. The number of nitrogens with one attached hydrogen (secondary N) is 1. The lowest BCUT2D eigenvalue weighted by atomic mass is 10.2. The first kappa shape index (κ1) is 14.5. The summed E-state index contributed by atoms with van der Waals surface area (Å²) < 4.78 is 0. The molecule has 3 heterocycles. The molecule has 1 saturated heterocycles. The molecule has 7 nitrogen and oxygen atoms in total. The number of aromatic nitrogens is 4. The highest BCUT2D eigenvalue weighted by Gasteiger charge is 2.20. The van der Waals surface area contributed by atoms with Crippen LogP contribution in [0.3, 0.4) is 0 Å². The highest BCUT2D eigenvalue weighted by atomic mass is 16.2. The third-order valence-electron chi connectivity index (χ3n) is 3.87. The second kappa shape index (κ2) is 7.02. The van der Waals surface area contributed by atoms with Crippen molar-refractivity contribution < 1.29 is 4.79 Å². The summed E-state index contributed by atoms with van der Waals surface area (Å²) in [6, 6.07) is 1.81. The van der Waals surface area contributed by atoms with E-state index in [1.807, 2.05) is 17.2 Å². The first-order chi connectivity index (χ1) is 10.8. The van der Waals surface area contributed by atoms with Crippen molar-refractivity contribution in [2.45, 2.75) is 19.3 Å². The Morgan fingerprint density at radius 1 is 1.18 bits per heavy atom. The zero-order valence-electron chi connectivity index (χ0n) is 12.5. The fourth-order valence-corrected chi connectivity index (χ4v) is 2.65. The molecule has 22 heavy (non-hydrogen) atoms. The summed E-state index contributed by atoms with van der Waals surface area (Å²) in [6.07, 6.45) is 9.31. The lowest BCUT2D eigenvalue weighted by Crippen LogP contribution is -2.35. The van der Waals surface area contributed by atoms with Crippen molar-refractivity contribution in [2.24, 2.45) is 0 Å². The predicted octanol–water partition coefficient (Wildman–Crippen LogP) is 0.871. The Labute approximate surface area is 129 Å². The Kier molecular flexibility index (Phi) is 4.62. The highest BCUT2D eigenvalue weighted by Crippen LogP contribution is 2.11. The molecular formula is C15H20N6O. The number of aryl methyl sites for hydroxylation is 1. The van der Waals surface area contributed by atoms with E-state index in [2.05, 4.69) is 25.1 Å². The van der Waals surface area contributed by atoms with E-state index in [9.17, 15) is 4.79 Å². The second-order valence-electron chi connectivity index (χ2n) is 5.38. The number of nitrogens with zero attached hydrogens (tertiary/aromatic N) is 5. The fraction of sp³-hybridized carbons (Fsp3) is 0.467. The third kappa shape index (κ3) is 3.60. The topological polar surface area (TPSA) is 78.0 Å². The van der Waals surface area contributed by atoms with E-state index < -0.39 is 0 Å². The molecule has 0 aliphatic carbocycles. The van der Waals surface area contributed by atoms with Crippen LogP contribution in [0, 0.1) is 0 Å². The number of amides is 1. The standard InChI is InChI=1S/C15H20N6O/c22-14(4-3-13-11-18-19-12-13)20-7-2-8-21(10-9-20)15-16-5-1-6-17-15/h1,5-6,11-12H,2-4,7-10H2,(H,18,19). The van der Waals surface area contributed by atoms with Gasteiger partial charge in [-0.2, -0.15) is 5.10 Å². The fourth-order valence-electron chi connectivity index (χ4n) is 2.65. The van der Waals surface area contributed by atoms with Gasteiger partial charge in [0.05, 0.1) is 6.20 Å². The average molecular weight is 300 g/mol. The summed E-state index contributed by atoms with van der Waals surface area (Å²) in [4.78, 5) is 25.0. The number of rotatable bonds is 4. The van der Waals surface area contributed by atoms with Crippen LogP contribution in [0.1, 0.15) is 18.4 Å². The minimum absolute atomic E-state index is 0.206. The molecule has 0 radical (unpaired) electrons. The Bertz CT molecular complexity index is 585. The van der Waals surface area contributed by atoms with Gasteiger partial charge in [-0.05, 0) is 24.5 Å². The molecule has 1 fully saturated rings. The molecule has 2 aromatic rings. The van der Waals surface area contributed by atoms with E-state index in [-0.39, 0.29) is 5.91 Å². The van der Waals surface area contributed by atoms with E-state index >= 15 is 0 Å². The van der Waals surface area contributed by atoms with Crippen molar-refractivity contribution in [3.8, 4) is 0 Å². The SMILES string of the molecule is O=C(CCc1cn[nH]c1)N1CCCN(c2ncccn2)CC1. The van der Waals surface area contributed by atoms with Crippen molar-refractivity contribution in [3.63, 3.8) is 0 Å². The Morgan fingerprint density at radius 2 is 2.05 bits per heavy atom. The maximum absolute atomic E-state index is 12.3. The van der Waals surface area contributed by atoms with Crippen LogP contribution < -0.4 is 4.90 Å². The smallest absolute Gasteiger partial charge is 0.225 e. The van der Waals surface area contributed by atoms with Gasteiger partial charge >= 0.3 is 0 Å². The van der Waals surface area contributed by atoms with Gasteiger partial charge in [-0.25, -0.2) is 9.97 Å². The Morgan fingerprint density at radius 3 is 2.82 bits per heavy atom. The van der Waals surface area contributed by atoms with Gasteiger partial charge in [-0.1, -0.05) is 0 Å². The van der Waals surface area contributed by atoms with Crippen LogP contribution in [-0.2, 0) is 11.2 Å². The summed E-state index contributed by atoms with van der Waals surface area (Å²) in [6.45, 7) is 3.19. The molecule has 0 unspecified atom stereocenters. The minimum Gasteiger partial charge on any atom is -0.341 e. The molecule has 0 saturated carbocycles. The summed E-state index contributed by atoms with van der Waals surface area (Å²) in [5.74, 6) is 0.951. The summed E-state index contributed by atoms with van der Waals surface area (Å²) in [5.41, 5.74) is 1.07. The second-order valence-corrected chi connectivity index (χ2v) is 5.38. The largest absolute Gasteiger partial charge is 0.341 e. The van der Waals surface area contributed by atoms with Gasteiger partial charge in [0.1, 0.15) is 0 Å². The lowest BCUT2D eigenvalue weighted by Gasteiger charge is -2.22. The van der Waals surface area contributed by atoms with Crippen molar-refractivity contribution >= 4 is 11.9 Å². The first-order valence-corrected chi connectivity index (χ1v) is 7.60. The van der Waals surface area contributed by atoms with Gasteiger partial charge in [-0.15, -0.1) is 0 Å². The number of hydrogen-bond acceptors (Lipinski definition) is 5. The third-order valence-corrected chi connectivity index (χ3v) is 3.87. The van der Waals surface area contributed by atoms with Gasteiger partial charge in [0.2, 0.25) is 11.9 Å². The average Bonchev–Trinajstić information content (AvgIpc) is 2.96. The van der Waals surface area contributed by atoms with Crippen LogP contribution in [0.5, 0.6) is 0 Å². The minimum atomic E-state index is 0.206. The molecule has 3 rings (SSSR count). The normalized spacial score (nSPS) is 15.6. The van der Waals surface area contributed by atoms with Crippen LogP contribution in [0.15, 0.2) is 30.9 Å². The molecule has 0 atom stereocenters. The highest BCUT2D eigenvalue weighted by molar-refractivity contribution is 5.76. The first-order valence-electron chi connectivity index (χ1n) is 7.60. The summed E-state index contributed by atoms with van der Waals surface area (Å²) >= 11 is 0. The van der Waals surface area contributed by atoms with E-state index in [4.69, 9.17) is 0 Å². The number of hydrogen-bond donors (Lipinski definition) is 1. The van der Waals surface area contributed by atoms with Crippen molar-refractivity contribution in [3.05, 3.63) is 36.4 Å². The zero-order chi connectivity index (χ0) is 15.2. The predicted molar refractivity (Wildman–Crippen MR) is 82.4 cm³/mol. The maximum atomic E-state index is 12.3. The molecule has 7 heteroatoms. The lowest BCUT2D eigenvalue weighted by molar-refractivity contribution is -0.130. The van der Waals surface area contributed by atoms with E-state index in [0.29, 0.717) is 6.42 Å². The molecule has 116 valence electrons. The van der Waals surface area contributed by atoms with E-state index in [1.54, 1.807) is 18.6 Å². The van der Waals surface area contributed by atoms with Crippen LogP contribution in [0.25, 0.3) is 0 Å². The summed E-state index contributed by atoms with van der Waals surface area (Å²) in [5, 5.41) is 6.67. The Balaban J connectivity index is 1.52. The number of anilines is 1. The number of aromatic amines is 1. The van der Waals surface area contributed by atoms with Crippen LogP contribution in [0.4, 0.5) is 5.95 Å². The van der Waals surface area contributed by atoms with E-state index in [1.165, 1.54) is 0 Å². The number of carbonyl (C=O) groups excluding carboxylic acids is 1. The molecule has 1 aliphatic heterocycles. The van der Waals surface area contributed by atoms with Gasteiger partial charge in [0.15, 0.2) is 0 Å². The quantitative estimate of drug-likeness (QED) is 0.906. The van der Waals surface area contributed by atoms with Crippen LogP contribution >= 0.6 is 0 Å². The van der Waals surface area contributed by atoms with Crippen molar-refractivity contribution in [1.82, 2.24) is 25.1 Å². The van der Waals surface area contributed by atoms with Crippen LogP contribution in [-0.4, -0.2) is 57.2 Å². The molecule has 1 aliphatic rings. The van der Waals surface area contributed by atoms with Gasteiger partial charge in [0.25, 0.3) is 0 Å². The van der Waals surface area contributed by atoms with Crippen molar-refractivity contribution in [1.29, 1.82) is 0 Å². The van der Waals surface area contributed by atoms with E-state index in [0.717, 1.165) is 50.5 Å². The van der Waals surface area contributed by atoms with Gasteiger partial charge in [-0.3, -0.25) is 9.89 Å². The van der Waals surface area contributed by atoms with Crippen LogP contribution in [0.2, 0.25) is 0 Å². The number of carbonyl (C=O) groups is 1. The molecule has 0 bridgehead atoms. The van der Waals surface area contributed by atoms with Gasteiger partial charge < -0.3 is 9.80 Å². The summed E-state index contributed by atoms with van der Waals surface area (Å²) in [7, 11) is 0.